The maximum Gasteiger partial charge on any atom is 0.230 e. The first-order valence-corrected chi connectivity index (χ1v) is 6.88. The molecule has 0 radical (unpaired) electrons. The van der Waals surface area contributed by atoms with Crippen molar-refractivity contribution in [3.05, 3.63) is 0 Å². The second-order valence-electron chi connectivity index (χ2n) is 5.71. The SMILES string of the molecule is CC1CCC(CN)(C(=O)N2CCNCC2)CC1. The number of hydrogen-bond acceptors (Lipinski definition) is 3. The van der Waals surface area contributed by atoms with E-state index in [9.17, 15) is 4.79 Å². The topological polar surface area (TPSA) is 58.4 Å². The van der Waals surface area contributed by atoms with Crippen molar-refractivity contribution < 1.29 is 4.79 Å². The highest BCUT2D eigenvalue weighted by molar-refractivity contribution is 5.83. The minimum Gasteiger partial charge on any atom is -0.340 e. The van der Waals surface area contributed by atoms with Crippen molar-refractivity contribution in [1.29, 1.82) is 0 Å². The second-order valence-corrected chi connectivity index (χ2v) is 5.71. The smallest absolute Gasteiger partial charge is 0.230 e. The summed E-state index contributed by atoms with van der Waals surface area (Å²) < 4.78 is 0. The van der Waals surface area contributed by atoms with Crippen LogP contribution in [0.3, 0.4) is 0 Å². The molecule has 3 N–H and O–H groups in total. The van der Waals surface area contributed by atoms with Gasteiger partial charge in [-0.25, -0.2) is 0 Å². The molecule has 1 aliphatic heterocycles. The van der Waals surface area contributed by atoms with E-state index < -0.39 is 0 Å². The summed E-state index contributed by atoms with van der Waals surface area (Å²) in [6.07, 6.45) is 4.25. The molecule has 0 aromatic carbocycles. The van der Waals surface area contributed by atoms with Crippen molar-refractivity contribution in [1.82, 2.24) is 10.2 Å². The van der Waals surface area contributed by atoms with E-state index in [-0.39, 0.29) is 5.41 Å². The number of carbonyl (C=O) groups excluding carboxylic acids is 1. The summed E-state index contributed by atoms with van der Waals surface area (Å²) in [5.41, 5.74) is 5.68. The Bertz CT molecular complexity index is 266. The van der Waals surface area contributed by atoms with Gasteiger partial charge in [0.2, 0.25) is 5.91 Å². The number of nitrogens with zero attached hydrogens (tertiary/aromatic N) is 1. The largest absolute Gasteiger partial charge is 0.340 e. The maximum absolute atomic E-state index is 12.6. The summed E-state index contributed by atoms with van der Waals surface area (Å²) in [5.74, 6) is 1.07. The van der Waals surface area contributed by atoms with Gasteiger partial charge in [-0.2, -0.15) is 0 Å². The average molecular weight is 239 g/mol. The fourth-order valence-electron chi connectivity index (χ4n) is 3.02. The lowest BCUT2D eigenvalue weighted by Crippen LogP contribution is -2.54. The molecule has 0 unspecified atom stereocenters. The Morgan fingerprint density at radius 3 is 2.47 bits per heavy atom. The molecule has 17 heavy (non-hydrogen) atoms. The molecule has 98 valence electrons. The van der Waals surface area contributed by atoms with E-state index >= 15 is 0 Å². The fourth-order valence-corrected chi connectivity index (χ4v) is 3.02. The molecular formula is C13H25N3O. The first-order valence-electron chi connectivity index (χ1n) is 6.88. The lowest BCUT2D eigenvalue weighted by molar-refractivity contribution is -0.144. The molecule has 0 bridgehead atoms. The predicted molar refractivity (Wildman–Crippen MR) is 68.6 cm³/mol. The highest BCUT2D eigenvalue weighted by atomic mass is 16.2. The number of hydrogen-bond donors (Lipinski definition) is 2. The van der Waals surface area contributed by atoms with Crippen LogP contribution >= 0.6 is 0 Å². The molecule has 1 heterocycles. The Kier molecular flexibility index (Phi) is 4.05. The first-order chi connectivity index (χ1) is 8.18. The summed E-state index contributed by atoms with van der Waals surface area (Å²) in [6, 6.07) is 0. The van der Waals surface area contributed by atoms with Gasteiger partial charge in [0, 0.05) is 32.7 Å². The van der Waals surface area contributed by atoms with Gasteiger partial charge in [0.15, 0.2) is 0 Å². The molecule has 4 nitrogen and oxygen atoms in total. The lowest BCUT2D eigenvalue weighted by Gasteiger charge is -2.41. The van der Waals surface area contributed by atoms with Crippen LogP contribution in [0.25, 0.3) is 0 Å². The number of rotatable bonds is 2. The van der Waals surface area contributed by atoms with Crippen LogP contribution in [0.4, 0.5) is 0 Å². The van der Waals surface area contributed by atoms with Gasteiger partial charge in [0.05, 0.1) is 5.41 Å². The Hall–Kier alpha value is -0.610. The van der Waals surface area contributed by atoms with E-state index in [1.165, 1.54) is 0 Å². The van der Waals surface area contributed by atoms with Gasteiger partial charge in [0.1, 0.15) is 0 Å². The Balaban J connectivity index is 2.03. The number of piperazine rings is 1. The van der Waals surface area contributed by atoms with Crippen molar-refractivity contribution in [2.45, 2.75) is 32.6 Å². The average Bonchev–Trinajstić information content (AvgIpc) is 2.40. The third-order valence-electron chi connectivity index (χ3n) is 4.48. The van der Waals surface area contributed by atoms with Crippen molar-refractivity contribution in [2.24, 2.45) is 17.1 Å². The zero-order chi connectivity index (χ0) is 12.3. The van der Waals surface area contributed by atoms with Crippen molar-refractivity contribution in [2.75, 3.05) is 32.7 Å². The van der Waals surface area contributed by atoms with Crippen LogP contribution in [0, 0.1) is 11.3 Å². The number of carbonyl (C=O) groups is 1. The molecule has 2 fully saturated rings. The molecule has 1 saturated carbocycles. The fraction of sp³-hybridized carbons (Fsp3) is 0.923. The van der Waals surface area contributed by atoms with Gasteiger partial charge in [-0.1, -0.05) is 6.92 Å². The van der Waals surface area contributed by atoms with Crippen LogP contribution in [0.15, 0.2) is 0 Å². The Morgan fingerprint density at radius 1 is 1.35 bits per heavy atom. The molecule has 4 heteroatoms. The van der Waals surface area contributed by atoms with Gasteiger partial charge >= 0.3 is 0 Å². The van der Waals surface area contributed by atoms with Gasteiger partial charge in [-0.05, 0) is 31.6 Å². The third kappa shape index (κ3) is 2.63. The monoisotopic (exact) mass is 239 g/mol. The minimum atomic E-state index is -0.246. The standard InChI is InChI=1S/C13H25N3O/c1-11-2-4-13(10-14,5-3-11)12(17)16-8-6-15-7-9-16/h11,15H,2-10,14H2,1H3. The molecular weight excluding hydrogens is 214 g/mol. The van der Waals surface area contributed by atoms with Gasteiger partial charge in [0.25, 0.3) is 0 Å². The van der Waals surface area contributed by atoms with E-state index in [0.717, 1.165) is 57.8 Å². The van der Waals surface area contributed by atoms with Crippen LogP contribution in [0.2, 0.25) is 0 Å². The number of amides is 1. The zero-order valence-electron chi connectivity index (χ0n) is 10.9. The second kappa shape index (κ2) is 5.36. The number of nitrogens with two attached hydrogens (primary N) is 1. The van der Waals surface area contributed by atoms with E-state index in [4.69, 9.17) is 5.73 Å². The molecule has 0 aromatic rings. The Labute approximate surface area is 104 Å². The van der Waals surface area contributed by atoms with Crippen LogP contribution in [-0.4, -0.2) is 43.5 Å². The highest BCUT2D eigenvalue weighted by Gasteiger charge is 2.42. The molecule has 0 spiro atoms. The van der Waals surface area contributed by atoms with Gasteiger partial charge in [-0.15, -0.1) is 0 Å². The summed E-state index contributed by atoms with van der Waals surface area (Å²) >= 11 is 0. The van der Waals surface area contributed by atoms with E-state index in [2.05, 4.69) is 12.2 Å². The van der Waals surface area contributed by atoms with Crippen LogP contribution in [-0.2, 0) is 4.79 Å². The van der Waals surface area contributed by atoms with E-state index in [1.54, 1.807) is 0 Å². The predicted octanol–water partition coefficient (Wildman–Crippen LogP) is 0.573. The zero-order valence-corrected chi connectivity index (χ0v) is 10.9. The molecule has 0 aromatic heterocycles. The molecule has 1 amide bonds. The van der Waals surface area contributed by atoms with Gasteiger partial charge in [-0.3, -0.25) is 4.79 Å². The normalized spacial score (nSPS) is 34.7. The molecule has 2 aliphatic rings. The quantitative estimate of drug-likeness (QED) is 0.741. The molecule has 0 atom stereocenters. The highest BCUT2D eigenvalue weighted by Crippen LogP contribution is 2.39. The summed E-state index contributed by atoms with van der Waals surface area (Å²) in [5, 5.41) is 3.28. The summed E-state index contributed by atoms with van der Waals surface area (Å²) in [7, 11) is 0. The minimum absolute atomic E-state index is 0.246. The Morgan fingerprint density at radius 2 is 1.94 bits per heavy atom. The van der Waals surface area contributed by atoms with Crippen LogP contribution < -0.4 is 11.1 Å². The third-order valence-corrected chi connectivity index (χ3v) is 4.48. The lowest BCUT2D eigenvalue weighted by atomic mass is 9.70. The summed E-state index contributed by atoms with van der Waals surface area (Å²) in [4.78, 5) is 14.6. The van der Waals surface area contributed by atoms with Crippen molar-refractivity contribution >= 4 is 5.91 Å². The van der Waals surface area contributed by atoms with Crippen LogP contribution in [0.5, 0.6) is 0 Å². The van der Waals surface area contributed by atoms with Gasteiger partial charge < -0.3 is 16.0 Å². The van der Waals surface area contributed by atoms with Crippen molar-refractivity contribution in [3.8, 4) is 0 Å². The summed E-state index contributed by atoms with van der Waals surface area (Å²) in [6.45, 7) is 6.32. The molecule has 1 saturated heterocycles. The van der Waals surface area contributed by atoms with Crippen LogP contribution in [0.1, 0.15) is 32.6 Å². The van der Waals surface area contributed by atoms with Crippen molar-refractivity contribution in [3.63, 3.8) is 0 Å². The molecule has 2 rings (SSSR count). The molecule has 1 aliphatic carbocycles. The first kappa shape index (κ1) is 12.8. The van der Waals surface area contributed by atoms with E-state index in [1.807, 2.05) is 4.90 Å². The maximum atomic E-state index is 12.6. The number of nitrogens with one attached hydrogen (secondary N) is 1. The van der Waals surface area contributed by atoms with E-state index in [0.29, 0.717) is 12.5 Å².